The molecule has 0 unspecified atom stereocenters. The van der Waals surface area contributed by atoms with E-state index in [2.05, 4.69) is 0 Å². The van der Waals surface area contributed by atoms with Crippen LogP contribution < -0.4 is 14.4 Å². The maximum Gasteiger partial charge on any atom is 0.267 e. The zero-order valence-electron chi connectivity index (χ0n) is 18.5. The first-order chi connectivity index (χ1) is 16.3. The number of nitrogens with zero attached hydrogens (tertiary/aromatic N) is 2. The van der Waals surface area contributed by atoms with Crippen molar-refractivity contribution in [2.24, 2.45) is 0 Å². The van der Waals surface area contributed by atoms with Crippen LogP contribution in [0.3, 0.4) is 0 Å². The van der Waals surface area contributed by atoms with Gasteiger partial charge in [-0.15, -0.1) is 0 Å². The lowest BCUT2D eigenvalue weighted by Gasteiger charge is -2.17. The lowest BCUT2D eigenvalue weighted by Crippen LogP contribution is -2.40. The highest BCUT2D eigenvalue weighted by molar-refractivity contribution is 8.26. The van der Waals surface area contributed by atoms with Crippen molar-refractivity contribution in [3.8, 4) is 5.75 Å². The first-order valence-electron chi connectivity index (χ1n) is 9.90. The minimum Gasteiger partial charge on any atom is -0.439 e. The summed E-state index contributed by atoms with van der Waals surface area (Å²) in [7, 11) is -8.27. The van der Waals surface area contributed by atoms with Crippen molar-refractivity contribution in [2.45, 2.75) is 13.8 Å². The van der Waals surface area contributed by atoms with E-state index in [4.69, 9.17) is 21.5 Å². The van der Waals surface area contributed by atoms with Crippen LogP contribution in [-0.4, -0.2) is 60.6 Å². The number of allylic oxidation sites excluding steroid dienone is 4. The van der Waals surface area contributed by atoms with E-state index in [-0.39, 0.29) is 15.8 Å². The van der Waals surface area contributed by atoms with Gasteiger partial charge in [-0.1, -0.05) is 42.2 Å². The van der Waals surface area contributed by atoms with E-state index in [0.717, 1.165) is 23.6 Å². The number of para-hydroxylation sites is 2. The van der Waals surface area contributed by atoms with Gasteiger partial charge in [0, 0.05) is 13.5 Å². The fraction of sp³-hybridized carbons (Fsp3) is 0.250. The molecule has 1 aromatic rings. The molecule has 3 rings (SSSR count). The van der Waals surface area contributed by atoms with E-state index < -0.39 is 43.6 Å². The predicted octanol–water partition coefficient (Wildman–Crippen LogP) is 1.73. The smallest absolute Gasteiger partial charge is 0.267 e. The summed E-state index contributed by atoms with van der Waals surface area (Å²) in [5.74, 6) is -1.85. The van der Waals surface area contributed by atoms with Gasteiger partial charge in [0.1, 0.15) is 10.2 Å². The third-order valence-electron chi connectivity index (χ3n) is 4.53. The number of anilines is 1. The zero-order valence-corrected chi connectivity index (χ0v) is 21.8. The summed E-state index contributed by atoms with van der Waals surface area (Å²) in [6, 6.07) is 6.99. The number of benzene rings is 1. The van der Waals surface area contributed by atoms with Crippen molar-refractivity contribution >= 4 is 65.9 Å². The topological polar surface area (TPSA) is 150 Å². The van der Waals surface area contributed by atoms with E-state index in [1.807, 2.05) is 0 Å². The molecule has 35 heavy (non-hydrogen) atoms. The summed E-state index contributed by atoms with van der Waals surface area (Å²) in [5, 5.41) is 0. The van der Waals surface area contributed by atoms with Gasteiger partial charge in [0.15, 0.2) is 5.75 Å². The van der Waals surface area contributed by atoms with Gasteiger partial charge >= 0.3 is 0 Å². The van der Waals surface area contributed by atoms with Gasteiger partial charge in [0.2, 0.25) is 11.8 Å². The molecule has 188 valence electrons. The number of thioether (sulfide) groups is 1. The molecule has 0 radical (unpaired) electrons. The fourth-order valence-electron chi connectivity index (χ4n) is 3.10. The monoisotopic (exact) mass is 559 g/mol. The molecule has 11 nitrogen and oxygen atoms in total. The minimum absolute atomic E-state index is 0.0345. The second kappa shape index (κ2) is 10.5. The van der Waals surface area contributed by atoms with E-state index >= 15 is 0 Å². The molecule has 0 saturated carbocycles. The molecule has 0 spiro atoms. The lowest BCUT2D eigenvalue weighted by atomic mass is 10.2. The number of rotatable bonds is 8. The largest absolute Gasteiger partial charge is 0.439 e. The number of carbonyl (C=O) groups excluding carboxylic acids is 2. The second-order valence-corrected chi connectivity index (χ2v) is 12.4. The number of carbonyl (C=O) groups is 2. The summed E-state index contributed by atoms with van der Waals surface area (Å²) >= 11 is 6.04. The predicted molar refractivity (Wildman–Crippen MR) is 135 cm³/mol. The van der Waals surface area contributed by atoms with Gasteiger partial charge in [0.25, 0.3) is 26.0 Å². The van der Waals surface area contributed by atoms with E-state index in [0.29, 0.717) is 22.9 Å². The molecule has 2 aliphatic heterocycles. The van der Waals surface area contributed by atoms with Crippen molar-refractivity contribution in [1.82, 2.24) is 9.62 Å². The number of fused-ring (bicyclic) bond motifs is 1. The van der Waals surface area contributed by atoms with E-state index in [1.54, 1.807) is 53.0 Å². The van der Waals surface area contributed by atoms with Gasteiger partial charge in [-0.25, -0.2) is 8.42 Å². The summed E-state index contributed by atoms with van der Waals surface area (Å²) in [6.07, 6.45) is 4.73. The molecular formula is C20H21N3O8S4. The maximum atomic E-state index is 12.7. The molecule has 2 aliphatic rings. The Balaban J connectivity index is 1.79. The fourth-order valence-corrected chi connectivity index (χ4v) is 6.07. The highest BCUT2D eigenvalue weighted by Crippen LogP contribution is 2.38. The summed E-state index contributed by atoms with van der Waals surface area (Å²) in [5.41, 5.74) is 1.23. The SMILES string of the molecule is CC(=O)NS(=O)(=O)CN1C(=O)C(=CC(C)=CC=C2Oc3ccccc3N2CCS(=O)(=O)O)SC1=S. The van der Waals surface area contributed by atoms with Gasteiger partial charge in [0.05, 0.1) is 16.3 Å². The number of hydrogen-bond acceptors (Lipinski definition) is 10. The Morgan fingerprint density at radius 2 is 1.89 bits per heavy atom. The number of hydrogen-bond donors (Lipinski definition) is 2. The second-order valence-electron chi connectivity index (χ2n) is 7.43. The summed E-state index contributed by atoms with van der Waals surface area (Å²) < 4.78 is 63.2. The Hall–Kier alpha value is -2.72. The Morgan fingerprint density at radius 3 is 2.54 bits per heavy atom. The highest BCUT2D eigenvalue weighted by atomic mass is 32.2. The Labute approximate surface area is 212 Å². The number of amides is 2. The molecule has 1 saturated heterocycles. The molecule has 1 fully saturated rings. The van der Waals surface area contributed by atoms with Crippen LogP contribution in [0.25, 0.3) is 0 Å². The molecule has 2 amide bonds. The lowest BCUT2D eigenvalue weighted by molar-refractivity contribution is -0.122. The van der Waals surface area contributed by atoms with Crippen LogP contribution in [0.1, 0.15) is 13.8 Å². The Kier molecular flexibility index (Phi) is 8.06. The zero-order chi connectivity index (χ0) is 26.0. The molecule has 2 N–H and O–H groups in total. The van der Waals surface area contributed by atoms with Crippen LogP contribution in [0, 0.1) is 0 Å². The van der Waals surface area contributed by atoms with Crippen molar-refractivity contribution in [1.29, 1.82) is 0 Å². The first kappa shape index (κ1) is 26.9. The molecule has 2 heterocycles. The van der Waals surface area contributed by atoms with Gasteiger partial charge in [-0.05, 0) is 36.8 Å². The van der Waals surface area contributed by atoms with Crippen LogP contribution in [0.2, 0.25) is 0 Å². The van der Waals surface area contributed by atoms with Crippen LogP contribution in [0.4, 0.5) is 5.69 Å². The Morgan fingerprint density at radius 1 is 1.20 bits per heavy atom. The van der Waals surface area contributed by atoms with Crippen LogP contribution in [-0.2, 0) is 29.7 Å². The number of thiocarbonyl (C=S) groups is 1. The number of nitrogens with one attached hydrogen (secondary N) is 1. The van der Waals surface area contributed by atoms with Gasteiger partial charge < -0.3 is 9.64 Å². The summed E-state index contributed by atoms with van der Waals surface area (Å²) in [6.45, 7) is 2.69. The van der Waals surface area contributed by atoms with Crippen LogP contribution >= 0.6 is 24.0 Å². The van der Waals surface area contributed by atoms with Crippen molar-refractivity contribution in [3.63, 3.8) is 0 Å². The Bertz CT molecular complexity index is 1380. The van der Waals surface area contributed by atoms with Crippen molar-refractivity contribution in [2.75, 3.05) is 23.1 Å². The average molecular weight is 560 g/mol. The molecular weight excluding hydrogens is 539 g/mol. The molecule has 0 aliphatic carbocycles. The standard InChI is InChI=1S/C20H21N3O8S4/c1-13(11-17-19(25)23(20(32)33-17)12-34(26,27)21-14(2)24)7-8-18-22(9-10-35(28,29)30)15-5-3-4-6-16(15)31-18/h3-8,11H,9-10,12H2,1-2H3,(H,21,24)(H,28,29,30). The quantitative estimate of drug-likeness (QED) is 0.272. The first-order valence-corrected chi connectivity index (χ1v) is 14.4. The molecule has 0 bridgehead atoms. The maximum absolute atomic E-state index is 12.7. The average Bonchev–Trinajstić information content (AvgIpc) is 3.21. The van der Waals surface area contributed by atoms with E-state index in [1.165, 1.54) is 6.08 Å². The number of sulfonamides is 1. The van der Waals surface area contributed by atoms with Crippen LogP contribution in [0.5, 0.6) is 5.75 Å². The normalized spacial score (nSPS) is 18.9. The van der Waals surface area contributed by atoms with Crippen molar-refractivity contribution < 1.29 is 35.7 Å². The summed E-state index contributed by atoms with van der Waals surface area (Å²) in [4.78, 5) is 26.4. The highest BCUT2D eigenvalue weighted by Gasteiger charge is 2.35. The van der Waals surface area contributed by atoms with Gasteiger partial charge in [-0.2, -0.15) is 8.42 Å². The molecule has 0 atom stereocenters. The minimum atomic E-state index is -4.19. The number of ether oxygens (including phenoxy) is 1. The molecule has 15 heteroatoms. The van der Waals surface area contributed by atoms with Crippen LogP contribution in [0.15, 0.2) is 58.9 Å². The van der Waals surface area contributed by atoms with Gasteiger partial charge in [-0.3, -0.25) is 23.8 Å². The van der Waals surface area contributed by atoms with Crippen molar-refractivity contribution in [3.05, 3.63) is 58.9 Å². The van der Waals surface area contributed by atoms with E-state index in [9.17, 15) is 26.4 Å². The third kappa shape index (κ3) is 7.14. The third-order valence-corrected chi connectivity index (χ3v) is 7.80. The molecule has 0 aromatic heterocycles. The molecule has 1 aromatic carbocycles.